The predicted octanol–water partition coefficient (Wildman–Crippen LogP) is 10.1. The van der Waals surface area contributed by atoms with Crippen LogP contribution in [0.2, 0.25) is 5.02 Å². The van der Waals surface area contributed by atoms with Crippen LogP contribution in [0.25, 0.3) is 15.7 Å². The number of thiophene rings is 1. The van der Waals surface area contributed by atoms with E-state index in [0.717, 1.165) is 58.9 Å². The fraction of sp³-hybridized carbons (Fsp3) is 0.382. The molecule has 0 N–H and O–H groups in total. The van der Waals surface area contributed by atoms with Crippen molar-refractivity contribution >= 4 is 44.5 Å². The average Bonchev–Trinajstić information content (AvgIpc) is 3.27. The first-order valence-corrected chi connectivity index (χ1v) is 15.0. The van der Waals surface area contributed by atoms with Gasteiger partial charge in [0.15, 0.2) is 0 Å². The van der Waals surface area contributed by atoms with Gasteiger partial charge < -0.3 is 4.90 Å². The number of carbonyl (C=O) groups excluding carboxylic acids is 1. The maximum absolute atomic E-state index is 14.4. The van der Waals surface area contributed by atoms with Crippen LogP contribution < -0.4 is 0 Å². The zero-order valence-corrected chi connectivity index (χ0v) is 25.0. The Labute approximate surface area is 237 Å². The summed E-state index contributed by atoms with van der Waals surface area (Å²) in [5.41, 5.74) is 7.04. The normalized spacial score (nSPS) is 18.3. The molecule has 1 amide bonds. The van der Waals surface area contributed by atoms with Gasteiger partial charge in [0.2, 0.25) is 0 Å². The molecule has 0 unspecified atom stereocenters. The molecule has 1 heterocycles. The predicted molar refractivity (Wildman–Crippen MR) is 166 cm³/mol. The standard InChI is InChI=1S/C34H40ClNOS/c1-7-10-26(11-8-2)27-17-16-25(9-3)28(20-27)21-36(29-18-12-22(4)13-19-29)34(37)33-31(35)30-23(5)14-15-24(6)32(30)38-33/h7-8,10-11,14-17,20,22,29H,1,9,12-13,18-19,21H2,2-6H3/b11-8-,26-10+. The van der Waals surface area contributed by atoms with E-state index in [0.29, 0.717) is 22.4 Å². The van der Waals surface area contributed by atoms with Crippen LogP contribution >= 0.6 is 22.9 Å². The molecule has 0 bridgehead atoms. The number of rotatable bonds is 8. The molecule has 0 aliphatic heterocycles. The zero-order chi connectivity index (χ0) is 27.4. The van der Waals surface area contributed by atoms with E-state index in [9.17, 15) is 4.79 Å². The molecule has 3 aromatic rings. The second-order valence-corrected chi connectivity index (χ2v) is 12.1. The minimum atomic E-state index is 0.0670. The molecule has 200 valence electrons. The smallest absolute Gasteiger partial charge is 0.266 e. The SMILES string of the molecule is C=C/C=C(\C=C/C)c1ccc(CC)c(CN(C(=O)c2sc3c(C)ccc(C)c3c2Cl)C2CCC(C)CC2)c1. The fourth-order valence-electron chi connectivity index (χ4n) is 5.67. The van der Waals surface area contributed by atoms with Crippen molar-refractivity contribution in [2.24, 2.45) is 5.92 Å². The van der Waals surface area contributed by atoms with Crippen molar-refractivity contribution in [2.45, 2.75) is 79.3 Å². The van der Waals surface area contributed by atoms with E-state index in [-0.39, 0.29) is 11.9 Å². The highest BCUT2D eigenvalue weighted by Crippen LogP contribution is 2.41. The van der Waals surface area contributed by atoms with Crippen molar-refractivity contribution in [3.8, 4) is 0 Å². The first-order valence-electron chi connectivity index (χ1n) is 13.9. The van der Waals surface area contributed by atoms with Crippen LogP contribution in [0, 0.1) is 19.8 Å². The number of halogens is 1. The minimum absolute atomic E-state index is 0.0670. The van der Waals surface area contributed by atoms with Gasteiger partial charge in [-0.3, -0.25) is 4.79 Å². The number of allylic oxidation sites excluding steroid dienone is 5. The van der Waals surface area contributed by atoms with Crippen molar-refractivity contribution in [1.29, 1.82) is 0 Å². The van der Waals surface area contributed by atoms with Crippen LogP contribution in [0.5, 0.6) is 0 Å². The Balaban J connectivity index is 1.79. The Kier molecular flexibility index (Phi) is 9.33. The second-order valence-electron chi connectivity index (χ2n) is 10.7. The van der Waals surface area contributed by atoms with E-state index in [1.54, 1.807) is 11.3 Å². The summed E-state index contributed by atoms with van der Waals surface area (Å²) in [7, 11) is 0. The van der Waals surface area contributed by atoms with Crippen LogP contribution in [-0.2, 0) is 13.0 Å². The fourth-order valence-corrected chi connectivity index (χ4v) is 7.37. The molecule has 1 fully saturated rings. The van der Waals surface area contributed by atoms with Crippen molar-refractivity contribution in [1.82, 2.24) is 4.90 Å². The van der Waals surface area contributed by atoms with E-state index in [2.05, 4.69) is 81.7 Å². The van der Waals surface area contributed by atoms with E-state index < -0.39 is 0 Å². The highest BCUT2D eigenvalue weighted by atomic mass is 35.5. The first kappa shape index (κ1) is 28.4. The number of benzene rings is 2. The number of carbonyl (C=O) groups is 1. The van der Waals surface area contributed by atoms with E-state index >= 15 is 0 Å². The van der Waals surface area contributed by atoms with Gasteiger partial charge in [-0.1, -0.05) is 80.6 Å². The molecule has 38 heavy (non-hydrogen) atoms. The summed E-state index contributed by atoms with van der Waals surface area (Å²) in [6.07, 6.45) is 13.3. The molecule has 0 radical (unpaired) electrons. The van der Waals surface area contributed by atoms with Crippen molar-refractivity contribution in [2.75, 3.05) is 0 Å². The molecular formula is C34H40ClNOS. The summed E-state index contributed by atoms with van der Waals surface area (Å²) in [6, 6.07) is 11.1. The maximum atomic E-state index is 14.4. The van der Waals surface area contributed by atoms with Crippen LogP contribution in [0.1, 0.15) is 83.9 Å². The third kappa shape index (κ3) is 5.84. The van der Waals surface area contributed by atoms with Crippen molar-refractivity contribution in [3.05, 3.63) is 98.9 Å². The lowest BCUT2D eigenvalue weighted by Gasteiger charge is -2.36. The Bertz CT molecular complexity index is 1390. The molecule has 4 rings (SSSR count). The molecule has 1 aliphatic carbocycles. The summed E-state index contributed by atoms with van der Waals surface area (Å²) in [6.45, 7) is 15.2. The van der Waals surface area contributed by atoms with Crippen molar-refractivity contribution in [3.63, 3.8) is 0 Å². The molecule has 0 spiro atoms. The van der Waals surface area contributed by atoms with Gasteiger partial charge in [-0.2, -0.15) is 0 Å². The van der Waals surface area contributed by atoms with Gasteiger partial charge in [0, 0.05) is 22.7 Å². The van der Waals surface area contributed by atoms with Gasteiger partial charge in [-0.25, -0.2) is 0 Å². The summed E-state index contributed by atoms with van der Waals surface area (Å²) >= 11 is 8.53. The van der Waals surface area contributed by atoms with Gasteiger partial charge in [0.25, 0.3) is 5.91 Å². The average molecular weight is 546 g/mol. The molecular weight excluding hydrogens is 506 g/mol. The monoisotopic (exact) mass is 545 g/mol. The third-order valence-corrected chi connectivity index (χ3v) is 9.78. The molecule has 0 saturated heterocycles. The number of aryl methyl sites for hydroxylation is 3. The summed E-state index contributed by atoms with van der Waals surface area (Å²) in [4.78, 5) is 17.2. The number of nitrogens with zero attached hydrogens (tertiary/aromatic N) is 1. The number of amides is 1. The molecule has 1 aromatic heterocycles. The zero-order valence-electron chi connectivity index (χ0n) is 23.4. The Morgan fingerprint density at radius 3 is 2.45 bits per heavy atom. The van der Waals surface area contributed by atoms with Crippen molar-refractivity contribution < 1.29 is 4.79 Å². The largest absolute Gasteiger partial charge is 0.331 e. The lowest BCUT2D eigenvalue weighted by Crippen LogP contribution is -2.41. The summed E-state index contributed by atoms with van der Waals surface area (Å²) in [5, 5.41) is 1.64. The molecule has 1 aliphatic rings. The van der Waals surface area contributed by atoms with Crippen LogP contribution in [0.4, 0.5) is 0 Å². The van der Waals surface area contributed by atoms with Gasteiger partial charge in [-0.15, -0.1) is 11.3 Å². The van der Waals surface area contributed by atoms with E-state index in [1.807, 2.05) is 19.1 Å². The highest BCUT2D eigenvalue weighted by Gasteiger charge is 2.32. The second kappa shape index (κ2) is 12.5. The first-order chi connectivity index (χ1) is 18.3. The van der Waals surface area contributed by atoms with Gasteiger partial charge in [-0.05, 0) is 98.2 Å². The minimum Gasteiger partial charge on any atom is -0.331 e. The van der Waals surface area contributed by atoms with Crippen LogP contribution in [-0.4, -0.2) is 16.8 Å². The lowest BCUT2D eigenvalue weighted by atomic mass is 9.86. The van der Waals surface area contributed by atoms with Gasteiger partial charge in [0.1, 0.15) is 4.88 Å². The highest BCUT2D eigenvalue weighted by molar-refractivity contribution is 7.21. The summed E-state index contributed by atoms with van der Waals surface area (Å²) < 4.78 is 1.12. The van der Waals surface area contributed by atoms with Gasteiger partial charge >= 0.3 is 0 Å². The number of fused-ring (bicyclic) bond motifs is 1. The Morgan fingerprint density at radius 1 is 1.11 bits per heavy atom. The molecule has 2 aromatic carbocycles. The molecule has 1 saturated carbocycles. The lowest BCUT2D eigenvalue weighted by molar-refractivity contribution is 0.0598. The topological polar surface area (TPSA) is 20.3 Å². The quantitative estimate of drug-likeness (QED) is 0.258. The van der Waals surface area contributed by atoms with E-state index in [1.165, 1.54) is 16.7 Å². The molecule has 2 nitrogen and oxygen atoms in total. The Hall–Kier alpha value is -2.62. The Morgan fingerprint density at radius 2 is 1.82 bits per heavy atom. The number of hydrogen-bond donors (Lipinski definition) is 0. The number of hydrogen-bond acceptors (Lipinski definition) is 2. The maximum Gasteiger partial charge on any atom is 0.266 e. The molecule has 0 atom stereocenters. The van der Waals surface area contributed by atoms with E-state index in [4.69, 9.17) is 11.6 Å². The molecule has 4 heteroatoms. The van der Waals surface area contributed by atoms with Gasteiger partial charge in [0.05, 0.1) is 5.02 Å². The van der Waals surface area contributed by atoms with Crippen LogP contribution in [0.15, 0.2) is 61.2 Å². The third-order valence-electron chi connectivity index (χ3n) is 7.97. The summed E-state index contributed by atoms with van der Waals surface area (Å²) in [5.74, 6) is 0.778. The van der Waals surface area contributed by atoms with Crippen LogP contribution in [0.3, 0.4) is 0 Å².